The smallest absolute Gasteiger partial charge is 0.123 e. The number of hydrogen-bond acceptors (Lipinski definition) is 1. The molecule has 0 fully saturated rings. The van der Waals surface area contributed by atoms with Crippen LogP contribution in [0.4, 0.5) is 10.1 Å². The van der Waals surface area contributed by atoms with Crippen LogP contribution in [0.25, 0.3) is 12.2 Å². The van der Waals surface area contributed by atoms with Crippen LogP contribution in [0.3, 0.4) is 0 Å². The average Bonchev–Trinajstić information content (AvgIpc) is 2.37. The molecule has 0 radical (unpaired) electrons. The first kappa shape index (κ1) is 12.4. The Kier molecular flexibility index (Phi) is 3.78. The van der Waals surface area contributed by atoms with Gasteiger partial charge in [-0.25, -0.2) is 4.39 Å². The quantitative estimate of drug-likeness (QED) is 0.732. The fraction of sp³-hybridized carbons (Fsp3) is 0.125. The lowest BCUT2D eigenvalue weighted by atomic mass is 10.1. The normalized spacial score (nSPS) is 10.8. The lowest BCUT2D eigenvalue weighted by molar-refractivity contribution is 0.627. The molecular weight excluding hydrogens is 225 g/mol. The van der Waals surface area contributed by atoms with Crippen LogP contribution >= 0.6 is 0 Å². The summed E-state index contributed by atoms with van der Waals surface area (Å²) in [6.07, 6.45) is 3.89. The third kappa shape index (κ3) is 3.20. The van der Waals surface area contributed by atoms with Crippen LogP contribution in [0.5, 0.6) is 0 Å². The minimum atomic E-state index is -0.208. The summed E-state index contributed by atoms with van der Waals surface area (Å²) in [5.74, 6) is -0.208. The van der Waals surface area contributed by atoms with Gasteiger partial charge in [-0.1, -0.05) is 36.4 Å². The monoisotopic (exact) mass is 241 g/mol. The Morgan fingerprint density at radius 3 is 2.17 bits per heavy atom. The molecule has 2 aromatic rings. The molecule has 18 heavy (non-hydrogen) atoms. The third-order valence-corrected chi connectivity index (χ3v) is 2.73. The fourth-order valence-corrected chi connectivity index (χ4v) is 1.69. The maximum Gasteiger partial charge on any atom is 0.123 e. The van der Waals surface area contributed by atoms with Gasteiger partial charge in [0.1, 0.15) is 5.82 Å². The zero-order chi connectivity index (χ0) is 13.0. The molecule has 92 valence electrons. The van der Waals surface area contributed by atoms with Gasteiger partial charge in [0.2, 0.25) is 0 Å². The molecular formula is C16H16FN. The van der Waals surface area contributed by atoms with Gasteiger partial charge >= 0.3 is 0 Å². The maximum absolute atomic E-state index is 13.0. The summed E-state index contributed by atoms with van der Waals surface area (Å²) < 4.78 is 13.0. The molecule has 0 saturated carbocycles. The van der Waals surface area contributed by atoms with Gasteiger partial charge in [0, 0.05) is 19.8 Å². The molecule has 0 atom stereocenters. The molecule has 0 unspecified atom stereocenters. The Morgan fingerprint density at radius 2 is 1.56 bits per heavy atom. The number of rotatable bonds is 3. The summed E-state index contributed by atoms with van der Waals surface area (Å²) >= 11 is 0. The fourth-order valence-electron chi connectivity index (χ4n) is 1.69. The van der Waals surface area contributed by atoms with E-state index in [1.807, 2.05) is 44.4 Å². The molecule has 0 N–H and O–H groups in total. The second-order valence-corrected chi connectivity index (χ2v) is 4.37. The highest BCUT2D eigenvalue weighted by Gasteiger charge is 1.94. The highest BCUT2D eigenvalue weighted by molar-refractivity contribution is 5.70. The van der Waals surface area contributed by atoms with E-state index in [2.05, 4.69) is 17.0 Å². The summed E-state index contributed by atoms with van der Waals surface area (Å²) in [5.41, 5.74) is 3.13. The third-order valence-electron chi connectivity index (χ3n) is 2.73. The Morgan fingerprint density at radius 1 is 0.889 bits per heavy atom. The van der Waals surface area contributed by atoms with Gasteiger partial charge in [-0.3, -0.25) is 0 Å². The zero-order valence-electron chi connectivity index (χ0n) is 10.6. The highest BCUT2D eigenvalue weighted by Crippen LogP contribution is 2.14. The summed E-state index contributed by atoms with van der Waals surface area (Å²) in [6, 6.07) is 14.8. The molecule has 0 amide bonds. The topological polar surface area (TPSA) is 3.24 Å². The summed E-state index contributed by atoms with van der Waals surface area (Å²) in [5, 5.41) is 0. The minimum Gasteiger partial charge on any atom is -0.378 e. The molecule has 0 aliphatic rings. The molecule has 1 nitrogen and oxygen atoms in total. The molecule has 0 heterocycles. The predicted molar refractivity (Wildman–Crippen MR) is 76.1 cm³/mol. The van der Waals surface area contributed by atoms with E-state index in [1.54, 1.807) is 6.07 Å². The van der Waals surface area contributed by atoms with Crippen LogP contribution in [0.1, 0.15) is 11.1 Å². The van der Waals surface area contributed by atoms with Crippen LogP contribution in [-0.4, -0.2) is 14.1 Å². The van der Waals surface area contributed by atoms with Crippen molar-refractivity contribution in [2.75, 3.05) is 19.0 Å². The first-order chi connectivity index (χ1) is 8.65. The first-order valence-corrected chi connectivity index (χ1v) is 5.86. The molecule has 0 spiro atoms. The van der Waals surface area contributed by atoms with Gasteiger partial charge in [0.25, 0.3) is 0 Å². The average molecular weight is 241 g/mol. The summed E-state index contributed by atoms with van der Waals surface area (Å²) in [7, 11) is 4.02. The Hall–Kier alpha value is -2.09. The Balaban J connectivity index is 2.14. The van der Waals surface area contributed by atoms with Crippen LogP contribution < -0.4 is 4.90 Å². The highest BCUT2D eigenvalue weighted by atomic mass is 19.1. The predicted octanol–water partition coefficient (Wildman–Crippen LogP) is 4.06. The minimum absolute atomic E-state index is 0.208. The van der Waals surface area contributed by atoms with E-state index in [-0.39, 0.29) is 5.82 Å². The van der Waals surface area contributed by atoms with Gasteiger partial charge in [0.05, 0.1) is 0 Å². The molecule has 2 heteroatoms. The number of benzene rings is 2. The van der Waals surface area contributed by atoms with E-state index in [4.69, 9.17) is 0 Å². The van der Waals surface area contributed by atoms with E-state index in [9.17, 15) is 4.39 Å². The van der Waals surface area contributed by atoms with Crippen molar-refractivity contribution < 1.29 is 4.39 Å². The van der Waals surface area contributed by atoms with Crippen molar-refractivity contribution in [2.24, 2.45) is 0 Å². The lowest BCUT2D eigenvalue weighted by Gasteiger charge is -2.11. The SMILES string of the molecule is CN(C)c1ccc(/C=C/c2cccc(F)c2)cc1. The molecule has 0 saturated heterocycles. The standard InChI is InChI=1S/C16H16FN/c1-18(2)16-10-8-13(9-11-16)6-7-14-4-3-5-15(17)12-14/h3-12H,1-2H3/b7-6+. The van der Waals surface area contributed by atoms with Gasteiger partial charge in [-0.2, -0.15) is 0 Å². The van der Waals surface area contributed by atoms with Gasteiger partial charge in [-0.05, 0) is 35.4 Å². The number of nitrogens with zero attached hydrogens (tertiary/aromatic N) is 1. The molecule has 0 aliphatic heterocycles. The van der Waals surface area contributed by atoms with Crippen molar-refractivity contribution >= 4 is 17.8 Å². The van der Waals surface area contributed by atoms with Crippen LogP contribution in [0, 0.1) is 5.82 Å². The number of anilines is 1. The first-order valence-electron chi connectivity index (χ1n) is 5.86. The molecule has 2 aromatic carbocycles. The number of halogens is 1. The summed E-state index contributed by atoms with van der Waals surface area (Å²) in [6.45, 7) is 0. The van der Waals surface area contributed by atoms with Gasteiger partial charge < -0.3 is 4.90 Å². The molecule has 2 rings (SSSR count). The van der Waals surface area contributed by atoms with E-state index in [0.717, 1.165) is 16.8 Å². The maximum atomic E-state index is 13.0. The Bertz CT molecular complexity index is 541. The van der Waals surface area contributed by atoms with E-state index in [0.29, 0.717) is 0 Å². The van der Waals surface area contributed by atoms with Crippen molar-refractivity contribution in [3.05, 3.63) is 65.5 Å². The molecule has 0 aliphatic carbocycles. The zero-order valence-corrected chi connectivity index (χ0v) is 10.6. The van der Waals surface area contributed by atoms with Crippen LogP contribution in [0.2, 0.25) is 0 Å². The van der Waals surface area contributed by atoms with Crippen molar-refractivity contribution in [3.8, 4) is 0 Å². The summed E-state index contributed by atoms with van der Waals surface area (Å²) in [4.78, 5) is 2.06. The second kappa shape index (κ2) is 5.50. The van der Waals surface area contributed by atoms with Gasteiger partial charge in [-0.15, -0.1) is 0 Å². The molecule has 0 bridgehead atoms. The van der Waals surface area contributed by atoms with Crippen molar-refractivity contribution in [2.45, 2.75) is 0 Å². The van der Waals surface area contributed by atoms with E-state index >= 15 is 0 Å². The van der Waals surface area contributed by atoms with Crippen molar-refractivity contribution in [1.29, 1.82) is 0 Å². The lowest BCUT2D eigenvalue weighted by Crippen LogP contribution is -2.07. The largest absolute Gasteiger partial charge is 0.378 e. The van der Waals surface area contributed by atoms with Gasteiger partial charge in [0.15, 0.2) is 0 Å². The van der Waals surface area contributed by atoms with Crippen LogP contribution in [-0.2, 0) is 0 Å². The molecule has 0 aromatic heterocycles. The second-order valence-electron chi connectivity index (χ2n) is 4.37. The van der Waals surface area contributed by atoms with E-state index in [1.165, 1.54) is 12.1 Å². The van der Waals surface area contributed by atoms with Crippen LogP contribution in [0.15, 0.2) is 48.5 Å². The van der Waals surface area contributed by atoms with E-state index < -0.39 is 0 Å². The van der Waals surface area contributed by atoms with Crippen molar-refractivity contribution in [1.82, 2.24) is 0 Å². The number of hydrogen-bond donors (Lipinski definition) is 0. The Labute approximate surface area is 107 Å². The van der Waals surface area contributed by atoms with Crippen molar-refractivity contribution in [3.63, 3.8) is 0 Å².